The van der Waals surface area contributed by atoms with Crippen molar-refractivity contribution in [1.29, 1.82) is 0 Å². The summed E-state index contributed by atoms with van der Waals surface area (Å²) < 4.78 is 5.92. The second-order valence-corrected chi connectivity index (χ2v) is 5.91. The molecule has 102 valence electrons. The van der Waals surface area contributed by atoms with Gasteiger partial charge in [0.15, 0.2) is 0 Å². The SMILES string of the molecule is CCC(C)(CC)CC(C)OCc1ccc(Cl)cc1. The largest absolute Gasteiger partial charge is 0.374 e. The highest BCUT2D eigenvalue weighted by Crippen LogP contribution is 2.32. The van der Waals surface area contributed by atoms with Gasteiger partial charge in [0.25, 0.3) is 0 Å². The van der Waals surface area contributed by atoms with E-state index in [-0.39, 0.29) is 0 Å². The Labute approximate surface area is 116 Å². The predicted molar refractivity (Wildman–Crippen MR) is 79.0 cm³/mol. The van der Waals surface area contributed by atoms with E-state index < -0.39 is 0 Å². The lowest BCUT2D eigenvalue weighted by molar-refractivity contribution is 0.0179. The normalized spacial score (nSPS) is 13.6. The fourth-order valence-electron chi connectivity index (χ4n) is 2.11. The van der Waals surface area contributed by atoms with E-state index in [4.69, 9.17) is 16.3 Å². The average molecular weight is 269 g/mol. The van der Waals surface area contributed by atoms with Crippen LogP contribution in [0, 0.1) is 5.41 Å². The summed E-state index contributed by atoms with van der Waals surface area (Å²) in [5.41, 5.74) is 1.58. The minimum atomic E-state index is 0.297. The molecule has 1 rings (SSSR count). The third-order valence-corrected chi connectivity index (χ3v) is 4.19. The van der Waals surface area contributed by atoms with E-state index in [9.17, 15) is 0 Å². The Morgan fingerprint density at radius 3 is 2.22 bits per heavy atom. The van der Waals surface area contributed by atoms with Crippen LogP contribution in [0.4, 0.5) is 0 Å². The summed E-state index contributed by atoms with van der Waals surface area (Å²) in [6.45, 7) is 9.70. The summed E-state index contributed by atoms with van der Waals surface area (Å²) in [4.78, 5) is 0. The lowest BCUT2D eigenvalue weighted by atomic mass is 9.80. The second kappa shape index (κ2) is 7.16. The Morgan fingerprint density at radius 1 is 1.17 bits per heavy atom. The van der Waals surface area contributed by atoms with E-state index in [0.717, 1.165) is 11.4 Å². The first-order valence-corrected chi connectivity index (χ1v) is 7.23. The van der Waals surface area contributed by atoms with E-state index in [1.165, 1.54) is 18.4 Å². The van der Waals surface area contributed by atoms with Gasteiger partial charge < -0.3 is 4.74 Å². The molecule has 1 unspecified atom stereocenters. The molecule has 0 N–H and O–H groups in total. The zero-order chi connectivity index (χ0) is 13.6. The molecule has 1 aromatic rings. The molecular weight excluding hydrogens is 244 g/mol. The standard InChI is InChI=1S/C16H25ClO/c1-5-16(4,6-2)11-13(3)18-12-14-7-9-15(17)10-8-14/h7-10,13H,5-6,11-12H2,1-4H3. The van der Waals surface area contributed by atoms with E-state index in [1.54, 1.807) is 0 Å². The van der Waals surface area contributed by atoms with Crippen LogP contribution in [0.5, 0.6) is 0 Å². The molecule has 18 heavy (non-hydrogen) atoms. The zero-order valence-corrected chi connectivity index (χ0v) is 12.8. The van der Waals surface area contributed by atoms with Crippen molar-refractivity contribution in [2.75, 3.05) is 0 Å². The minimum Gasteiger partial charge on any atom is -0.374 e. The van der Waals surface area contributed by atoms with Crippen molar-refractivity contribution in [2.45, 2.75) is 59.7 Å². The van der Waals surface area contributed by atoms with Crippen LogP contribution in [0.1, 0.15) is 52.5 Å². The van der Waals surface area contributed by atoms with Crippen molar-refractivity contribution in [1.82, 2.24) is 0 Å². The summed E-state index contributed by atoms with van der Waals surface area (Å²) in [5.74, 6) is 0. The first-order valence-electron chi connectivity index (χ1n) is 6.85. The maximum atomic E-state index is 5.92. The van der Waals surface area contributed by atoms with Gasteiger partial charge in [-0.2, -0.15) is 0 Å². The van der Waals surface area contributed by atoms with Crippen LogP contribution in [0.15, 0.2) is 24.3 Å². The highest BCUT2D eigenvalue weighted by atomic mass is 35.5. The number of benzene rings is 1. The van der Waals surface area contributed by atoms with Crippen molar-refractivity contribution in [3.05, 3.63) is 34.9 Å². The molecule has 1 nitrogen and oxygen atoms in total. The molecule has 0 aliphatic rings. The maximum absolute atomic E-state index is 5.92. The zero-order valence-electron chi connectivity index (χ0n) is 12.0. The predicted octanol–water partition coefficient (Wildman–Crippen LogP) is 5.46. The molecule has 0 saturated carbocycles. The summed E-state index contributed by atoms with van der Waals surface area (Å²) in [5, 5.41) is 0.774. The molecule has 0 bridgehead atoms. The molecule has 0 aromatic heterocycles. The minimum absolute atomic E-state index is 0.297. The van der Waals surface area contributed by atoms with E-state index in [2.05, 4.69) is 27.7 Å². The lowest BCUT2D eigenvalue weighted by Gasteiger charge is -2.30. The first-order chi connectivity index (χ1) is 8.49. The van der Waals surface area contributed by atoms with Gasteiger partial charge >= 0.3 is 0 Å². The molecule has 0 spiro atoms. The number of hydrogen-bond acceptors (Lipinski definition) is 1. The Morgan fingerprint density at radius 2 is 1.72 bits per heavy atom. The molecule has 0 saturated heterocycles. The molecule has 1 atom stereocenters. The van der Waals surface area contributed by atoms with Gasteiger partial charge in [-0.25, -0.2) is 0 Å². The van der Waals surface area contributed by atoms with Crippen molar-refractivity contribution < 1.29 is 4.74 Å². The number of hydrogen-bond donors (Lipinski definition) is 0. The monoisotopic (exact) mass is 268 g/mol. The molecule has 2 heteroatoms. The molecule has 0 radical (unpaired) electrons. The van der Waals surface area contributed by atoms with Crippen molar-refractivity contribution in [2.24, 2.45) is 5.41 Å². The fraction of sp³-hybridized carbons (Fsp3) is 0.625. The first kappa shape index (κ1) is 15.5. The third kappa shape index (κ3) is 4.99. The van der Waals surface area contributed by atoms with Crippen LogP contribution >= 0.6 is 11.6 Å². The summed E-state index contributed by atoms with van der Waals surface area (Å²) in [6.07, 6.45) is 3.83. The van der Waals surface area contributed by atoms with Crippen LogP contribution in [-0.2, 0) is 11.3 Å². The Kier molecular flexibility index (Phi) is 6.17. The van der Waals surface area contributed by atoms with Gasteiger partial charge in [-0.05, 0) is 36.5 Å². The molecule has 0 fully saturated rings. The lowest BCUT2D eigenvalue weighted by Crippen LogP contribution is -2.22. The molecule has 0 aliphatic heterocycles. The van der Waals surface area contributed by atoms with Gasteiger partial charge in [-0.15, -0.1) is 0 Å². The highest BCUT2D eigenvalue weighted by molar-refractivity contribution is 6.30. The molecule has 0 amide bonds. The second-order valence-electron chi connectivity index (χ2n) is 5.47. The maximum Gasteiger partial charge on any atom is 0.0720 e. The number of halogens is 1. The van der Waals surface area contributed by atoms with Gasteiger partial charge in [0.05, 0.1) is 12.7 Å². The molecule has 0 heterocycles. The smallest absolute Gasteiger partial charge is 0.0720 e. The number of rotatable bonds is 7. The van der Waals surface area contributed by atoms with E-state index in [1.807, 2.05) is 24.3 Å². The van der Waals surface area contributed by atoms with Gasteiger partial charge in [0.2, 0.25) is 0 Å². The summed E-state index contributed by atoms with van der Waals surface area (Å²) >= 11 is 5.86. The van der Waals surface area contributed by atoms with Gasteiger partial charge in [0.1, 0.15) is 0 Å². The van der Waals surface area contributed by atoms with Crippen LogP contribution in [-0.4, -0.2) is 6.10 Å². The van der Waals surface area contributed by atoms with Gasteiger partial charge in [-0.3, -0.25) is 0 Å². The molecule has 0 aliphatic carbocycles. The Hall–Kier alpha value is -0.530. The summed E-state index contributed by atoms with van der Waals surface area (Å²) in [6, 6.07) is 7.86. The highest BCUT2D eigenvalue weighted by Gasteiger charge is 2.22. The van der Waals surface area contributed by atoms with E-state index in [0.29, 0.717) is 18.1 Å². The van der Waals surface area contributed by atoms with Gasteiger partial charge in [0, 0.05) is 5.02 Å². The quantitative estimate of drug-likeness (QED) is 0.638. The topological polar surface area (TPSA) is 9.23 Å². The summed E-state index contributed by atoms with van der Waals surface area (Å²) in [7, 11) is 0. The van der Waals surface area contributed by atoms with Crippen LogP contribution < -0.4 is 0 Å². The van der Waals surface area contributed by atoms with Gasteiger partial charge in [-0.1, -0.05) is 57.3 Å². The molecule has 1 aromatic carbocycles. The molecular formula is C16H25ClO. The van der Waals surface area contributed by atoms with E-state index >= 15 is 0 Å². The van der Waals surface area contributed by atoms with Crippen LogP contribution in [0.3, 0.4) is 0 Å². The van der Waals surface area contributed by atoms with Crippen LogP contribution in [0.2, 0.25) is 5.02 Å². The van der Waals surface area contributed by atoms with Crippen molar-refractivity contribution in [3.63, 3.8) is 0 Å². The third-order valence-electron chi connectivity index (χ3n) is 3.94. The fourth-order valence-corrected chi connectivity index (χ4v) is 2.24. The number of ether oxygens (including phenoxy) is 1. The van der Waals surface area contributed by atoms with Crippen molar-refractivity contribution in [3.8, 4) is 0 Å². The Balaban J connectivity index is 2.41. The van der Waals surface area contributed by atoms with Crippen LogP contribution in [0.25, 0.3) is 0 Å². The van der Waals surface area contributed by atoms with Crippen molar-refractivity contribution >= 4 is 11.6 Å². The Bertz CT molecular complexity index is 341. The average Bonchev–Trinajstić information content (AvgIpc) is 2.38.